The van der Waals surface area contributed by atoms with Crippen LogP contribution >= 0.6 is 0 Å². The van der Waals surface area contributed by atoms with Crippen molar-refractivity contribution >= 4 is 11.8 Å². The van der Waals surface area contributed by atoms with Gasteiger partial charge in [-0.15, -0.1) is 0 Å². The van der Waals surface area contributed by atoms with Gasteiger partial charge in [0.2, 0.25) is 0 Å². The number of benzene rings is 1. The zero-order valence-corrected chi connectivity index (χ0v) is 11.2. The minimum absolute atomic E-state index is 0.274. The number of nitrogens with zero attached hydrogens (tertiary/aromatic N) is 2. The van der Waals surface area contributed by atoms with Crippen LogP contribution in [0.3, 0.4) is 0 Å². The molecule has 1 aromatic heterocycles. The van der Waals surface area contributed by atoms with Crippen LogP contribution in [0.25, 0.3) is 0 Å². The highest BCUT2D eigenvalue weighted by Gasteiger charge is 2.16. The summed E-state index contributed by atoms with van der Waals surface area (Å²) in [5, 5.41) is 7.05. The number of anilines is 1. The van der Waals surface area contributed by atoms with Gasteiger partial charge in [0.05, 0.1) is 17.6 Å². The summed E-state index contributed by atoms with van der Waals surface area (Å²) in [5.74, 6) is 0. The fourth-order valence-corrected chi connectivity index (χ4v) is 2.39. The SMILES string of the molecule is O=C(Nc1cnn2c1CCCC2)OCc1ccccc1. The number of ether oxygens (including phenoxy) is 1. The zero-order chi connectivity index (χ0) is 13.8. The Hall–Kier alpha value is -2.30. The molecule has 1 aliphatic heterocycles. The molecule has 0 radical (unpaired) electrons. The van der Waals surface area contributed by atoms with Crippen LogP contribution in [0, 0.1) is 0 Å². The lowest BCUT2D eigenvalue weighted by Gasteiger charge is -2.14. The van der Waals surface area contributed by atoms with Crippen molar-refractivity contribution < 1.29 is 9.53 Å². The van der Waals surface area contributed by atoms with Crippen LogP contribution in [-0.2, 0) is 24.3 Å². The van der Waals surface area contributed by atoms with Crippen molar-refractivity contribution in [3.63, 3.8) is 0 Å². The number of aromatic nitrogens is 2. The molecule has 1 N–H and O–H groups in total. The molecule has 2 aromatic rings. The molecular formula is C15H17N3O2. The molecule has 2 heterocycles. The van der Waals surface area contributed by atoms with Gasteiger partial charge in [-0.05, 0) is 24.8 Å². The molecule has 1 aromatic carbocycles. The number of carbonyl (C=O) groups is 1. The normalized spacial score (nSPS) is 13.6. The molecule has 3 rings (SSSR count). The first-order valence-corrected chi connectivity index (χ1v) is 6.85. The summed E-state index contributed by atoms with van der Waals surface area (Å²) in [6.45, 7) is 1.20. The van der Waals surface area contributed by atoms with Crippen LogP contribution in [0.4, 0.5) is 10.5 Å². The maximum Gasteiger partial charge on any atom is 0.412 e. The monoisotopic (exact) mass is 271 g/mol. The van der Waals surface area contributed by atoms with E-state index in [1.807, 2.05) is 35.0 Å². The van der Waals surface area contributed by atoms with E-state index in [9.17, 15) is 4.79 Å². The van der Waals surface area contributed by atoms with Gasteiger partial charge in [-0.3, -0.25) is 10.00 Å². The van der Waals surface area contributed by atoms with Crippen molar-refractivity contribution in [2.45, 2.75) is 32.4 Å². The fourth-order valence-electron chi connectivity index (χ4n) is 2.39. The number of amides is 1. The van der Waals surface area contributed by atoms with Crippen LogP contribution < -0.4 is 5.32 Å². The van der Waals surface area contributed by atoms with Crippen molar-refractivity contribution in [2.24, 2.45) is 0 Å². The van der Waals surface area contributed by atoms with E-state index in [0.29, 0.717) is 0 Å². The zero-order valence-electron chi connectivity index (χ0n) is 11.2. The number of aryl methyl sites for hydroxylation is 1. The number of hydrogen-bond acceptors (Lipinski definition) is 3. The predicted molar refractivity (Wildman–Crippen MR) is 75.4 cm³/mol. The lowest BCUT2D eigenvalue weighted by molar-refractivity contribution is 0.155. The van der Waals surface area contributed by atoms with Crippen molar-refractivity contribution in [1.82, 2.24) is 9.78 Å². The Morgan fingerprint density at radius 3 is 3.00 bits per heavy atom. The summed E-state index contributed by atoms with van der Waals surface area (Å²) in [7, 11) is 0. The number of rotatable bonds is 3. The van der Waals surface area contributed by atoms with Crippen molar-refractivity contribution in [1.29, 1.82) is 0 Å². The number of carbonyl (C=O) groups excluding carboxylic acids is 1. The lowest BCUT2D eigenvalue weighted by atomic mass is 10.1. The van der Waals surface area contributed by atoms with E-state index in [1.54, 1.807) is 6.20 Å². The van der Waals surface area contributed by atoms with E-state index in [1.165, 1.54) is 0 Å². The topological polar surface area (TPSA) is 56.2 Å². The van der Waals surface area contributed by atoms with Gasteiger partial charge in [-0.1, -0.05) is 30.3 Å². The minimum atomic E-state index is -0.435. The summed E-state index contributed by atoms with van der Waals surface area (Å²) in [4.78, 5) is 11.8. The number of nitrogens with one attached hydrogen (secondary N) is 1. The molecule has 0 fully saturated rings. The Balaban J connectivity index is 1.58. The quantitative estimate of drug-likeness (QED) is 0.933. The molecule has 1 aliphatic rings. The Bertz CT molecular complexity index is 592. The van der Waals surface area contributed by atoms with E-state index in [-0.39, 0.29) is 6.61 Å². The van der Waals surface area contributed by atoms with Crippen molar-refractivity contribution in [3.05, 3.63) is 47.8 Å². The molecule has 0 bridgehead atoms. The molecule has 1 amide bonds. The van der Waals surface area contributed by atoms with Gasteiger partial charge in [0.15, 0.2) is 0 Å². The van der Waals surface area contributed by atoms with Gasteiger partial charge in [-0.2, -0.15) is 5.10 Å². The third-order valence-electron chi connectivity index (χ3n) is 3.43. The number of fused-ring (bicyclic) bond motifs is 1. The highest BCUT2D eigenvalue weighted by atomic mass is 16.5. The van der Waals surface area contributed by atoms with E-state index < -0.39 is 6.09 Å². The first-order chi connectivity index (χ1) is 9.83. The second-order valence-electron chi connectivity index (χ2n) is 4.87. The van der Waals surface area contributed by atoms with Crippen LogP contribution in [0.15, 0.2) is 36.5 Å². The molecule has 0 saturated heterocycles. The van der Waals surface area contributed by atoms with Gasteiger partial charge >= 0.3 is 6.09 Å². The Labute approximate surface area is 117 Å². The first kappa shape index (κ1) is 12.7. The molecule has 0 saturated carbocycles. The third kappa shape index (κ3) is 2.82. The van der Waals surface area contributed by atoms with Crippen molar-refractivity contribution in [3.8, 4) is 0 Å². The second-order valence-corrected chi connectivity index (χ2v) is 4.87. The lowest BCUT2D eigenvalue weighted by Crippen LogP contribution is -2.16. The van der Waals surface area contributed by atoms with Gasteiger partial charge in [0, 0.05) is 6.54 Å². The summed E-state index contributed by atoms with van der Waals surface area (Å²) in [6, 6.07) is 9.63. The van der Waals surface area contributed by atoms with E-state index in [2.05, 4.69) is 10.4 Å². The minimum Gasteiger partial charge on any atom is -0.444 e. The molecule has 0 aliphatic carbocycles. The average Bonchev–Trinajstić information content (AvgIpc) is 2.90. The Morgan fingerprint density at radius 1 is 1.30 bits per heavy atom. The standard InChI is InChI=1S/C15H17N3O2/c19-15(20-11-12-6-2-1-3-7-12)17-13-10-16-18-9-5-4-8-14(13)18/h1-3,6-7,10H,4-5,8-9,11H2,(H,17,19). The van der Waals surface area contributed by atoms with Gasteiger partial charge in [0.1, 0.15) is 6.61 Å². The maximum absolute atomic E-state index is 11.8. The molecule has 20 heavy (non-hydrogen) atoms. The van der Waals surface area contributed by atoms with Crippen LogP contribution in [-0.4, -0.2) is 15.9 Å². The molecule has 104 valence electrons. The summed E-state index contributed by atoms with van der Waals surface area (Å²) in [6.07, 6.45) is 4.50. The fraction of sp³-hybridized carbons (Fsp3) is 0.333. The second kappa shape index (κ2) is 5.77. The van der Waals surface area contributed by atoms with Crippen LogP contribution in [0.5, 0.6) is 0 Å². The van der Waals surface area contributed by atoms with Gasteiger partial charge in [-0.25, -0.2) is 4.79 Å². The molecule has 0 spiro atoms. The smallest absolute Gasteiger partial charge is 0.412 e. The van der Waals surface area contributed by atoms with E-state index in [0.717, 1.165) is 42.8 Å². The molecule has 0 atom stereocenters. The average molecular weight is 271 g/mol. The highest BCUT2D eigenvalue weighted by molar-refractivity contribution is 5.85. The molecule has 5 heteroatoms. The Morgan fingerprint density at radius 2 is 2.15 bits per heavy atom. The Kier molecular flexibility index (Phi) is 3.67. The van der Waals surface area contributed by atoms with Gasteiger partial charge in [0.25, 0.3) is 0 Å². The van der Waals surface area contributed by atoms with Gasteiger partial charge < -0.3 is 4.74 Å². The van der Waals surface area contributed by atoms with Crippen LogP contribution in [0.2, 0.25) is 0 Å². The van der Waals surface area contributed by atoms with E-state index in [4.69, 9.17) is 4.74 Å². The predicted octanol–water partition coefficient (Wildman–Crippen LogP) is 2.97. The van der Waals surface area contributed by atoms with Crippen molar-refractivity contribution in [2.75, 3.05) is 5.32 Å². The highest BCUT2D eigenvalue weighted by Crippen LogP contribution is 2.22. The third-order valence-corrected chi connectivity index (χ3v) is 3.43. The summed E-state index contributed by atoms with van der Waals surface area (Å²) < 4.78 is 7.16. The van der Waals surface area contributed by atoms with E-state index >= 15 is 0 Å². The maximum atomic E-state index is 11.8. The summed E-state index contributed by atoms with van der Waals surface area (Å²) in [5.41, 5.74) is 2.83. The number of hydrogen-bond donors (Lipinski definition) is 1. The largest absolute Gasteiger partial charge is 0.444 e. The van der Waals surface area contributed by atoms with Crippen LogP contribution in [0.1, 0.15) is 24.1 Å². The molecule has 5 nitrogen and oxygen atoms in total. The molecular weight excluding hydrogens is 254 g/mol. The first-order valence-electron chi connectivity index (χ1n) is 6.85. The summed E-state index contributed by atoms with van der Waals surface area (Å²) >= 11 is 0. The molecule has 0 unspecified atom stereocenters.